The van der Waals surface area contributed by atoms with Crippen molar-refractivity contribution in [3.8, 4) is 0 Å². The lowest BCUT2D eigenvalue weighted by atomic mass is 9.93. The van der Waals surface area contributed by atoms with Gasteiger partial charge in [0.2, 0.25) is 11.8 Å². The lowest BCUT2D eigenvalue weighted by molar-refractivity contribution is -0.143. The molecule has 1 aromatic carbocycles. The second-order valence-corrected chi connectivity index (χ2v) is 11.7. The van der Waals surface area contributed by atoms with Crippen LogP contribution < -0.4 is 10.6 Å². The van der Waals surface area contributed by atoms with Crippen molar-refractivity contribution < 1.29 is 24.2 Å². The number of aryl methyl sites for hydroxylation is 2. The summed E-state index contributed by atoms with van der Waals surface area (Å²) in [6.07, 6.45) is 4.79. The molecule has 2 atom stereocenters. The monoisotopic (exact) mass is 517 g/mol. The summed E-state index contributed by atoms with van der Waals surface area (Å²) in [7, 11) is 0. The average Bonchev–Trinajstić information content (AvgIpc) is 2.78. The predicted octanol–water partition coefficient (Wildman–Crippen LogP) is 4.55. The molecule has 0 spiro atoms. The average molecular weight is 518 g/mol. The summed E-state index contributed by atoms with van der Waals surface area (Å²) >= 11 is 0. The summed E-state index contributed by atoms with van der Waals surface area (Å²) in [5.41, 5.74) is 1.93. The first kappa shape index (κ1) is 30.6. The molecule has 1 aliphatic carbocycles. The van der Waals surface area contributed by atoms with Crippen LogP contribution in [-0.2, 0) is 14.3 Å². The van der Waals surface area contributed by atoms with Crippen LogP contribution in [0.3, 0.4) is 0 Å². The van der Waals surface area contributed by atoms with E-state index in [1.807, 2.05) is 45.9 Å². The van der Waals surface area contributed by atoms with E-state index in [-0.39, 0.29) is 31.0 Å². The van der Waals surface area contributed by atoms with Gasteiger partial charge in [0.15, 0.2) is 0 Å². The number of hydrogen-bond acceptors (Lipinski definition) is 5. The Morgan fingerprint density at radius 1 is 1.11 bits per heavy atom. The van der Waals surface area contributed by atoms with Crippen LogP contribution in [-0.4, -0.2) is 58.8 Å². The number of benzene rings is 1. The third-order valence-electron chi connectivity index (χ3n) is 6.55. The van der Waals surface area contributed by atoms with Crippen LogP contribution in [0.2, 0.25) is 0 Å². The highest BCUT2D eigenvalue weighted by Gasteiger charge is 2.37. The van der Waals surface area contributed by atoms with Gasteiger partial charge in [-0.15, -0.1) is 0 Å². The summed E-state index contributed by atoms with van der Waals surface area (Å²) in [5, 5.41) is 15.9. The van der Waals surface area contributed by atoms with Gasteiger partial charge in [-0.1, -0.05) is 56.9 Å². The molecule has 8 nitrogen and oxygen atoms in total. The van der Waals surface area contributed by atoms with Crippen LogP contribution in [0, 0.1) is 19.8 Å². The maximum absolute atomic E-state index is 14.0. The quantitative estimate of drug-likeness (QED) is 0.422. The molecule has 208 valence electrons. The van der Waals surface area contributed by atoms with Crippen molar-refractivity contribution in [2.24, 2.45) is 5.92 Å². The highest BCUT2D eigenvalue weighted by molar-refractivity contribution is 5.92. The molecule has 0 bridgehead atoms. The van der Waals surface area contributed by atoms with Crippen LogP contribution in [0.15, 0.2) is 18.2 Å². The van der Waals surface area contributed by atoms with Gasteiger partial charge in [-0.3, -0.25) is 9.59 Å². The largest absolute Gasteiger partial charge is 0.444 e. The molecule has 0 heterocycles. The summed E-state index contributed by atoms with van der Waals surface area (Å²) in [5.74, 6) is -0.589. The summed E-state index contributed by atoms with van der Waals surface area (Å²) < 4.78 is 5.42. The molecule has 8 heteroatoms. The van der Waals surface area contributed by atoms with Crippen molar-refractivity contribution in [1.82, 2.24) is 15.5 Å². The van der Waals surface area contributed by atoms with Crippen molar-refractivity contribution in [3.05, 3.63) is 34.9 Å². The fourth-order valence-corrected chi connectivity index (χ4v) is 4.93. The summed E-state index contributed by atoms with van der Waals surface area (Å²) in [4.78, 5) is 41.9. The van der Waals surface area contributed by atoms with E-state index < -0.39 is 29.7 Å². The molecule has 0 saturated heterocycles. The van der Waals surface area contributed by atoms with Gasteiger partial charge in [0.25, 0.3) is 0 Å². The zero-order chi connectivity index (χ0) is 27.8. The normalized spacial score (nSPS) is 16.1. The molecule has 2 unspecified atom stereocenters. The van der Waals surface area contributed by atoms with Crippen molar-refractivity contribution >= 4 is 17.9 Å². The number of aliphatic hydroxyl groups excluding tert-OH is 1. The van der Waals surface area contributed by atoms with E-state index in [2.05, 4.69) is 10.6 Å². The predicted molar refractivity (Wildman–Crippen MR) is 145 cm³/mol. The minimum atomic E-state index is -0.933. The SMILES string of the molecule is Cc1ccc(C(C(=O)NC2CCCCC2)N(CCO)C(=O)C(CC(C)C)NC(=O)OC(C)(C)C)c(C)c1. The standard InChI is InChI=1S/C29H47N3O5/c1-19(2)17-24(31-28(36)37-29(5,6)7)27(35)32(15-16-33)25(23-14-13-20(3)18-21(23)4)26(34)30-22-11-9-8-10-12-22/h13-14,18-19,22,24-25,33H,8-12,15-17H2,1-7H3,(H,30,34)(H,31,36). The van der Waals surface area contributed by atoms with Gasteiger partial charge in [0.05, 0.1) is 6.61 Å². The highest BCUT2D eigenvalue weighted by atomic mass is 16.6. The molecular formula is C29H47N3O5. The number of ether oxygens (including phenoxy) is 1. The van der Waals surface area contributed by atoms with Gasteiger partial charge in [0, 0.05) is 12.6 Å². The molecular weight excluding hydrogens is 470 g/mol. The van der Waals surface area contributed by atoms with Crippen molar-refractivity contribution in [2.45, 2.75) is 111 Å². The van der Waals surface area contributed by atoms with E-state index in [9.17, 15) is 19.5 Å². The van der Waals surface area contributed by atoms with E-state index in [0.717, 1.165) is 43.2 Å². The molecule has 3 N–H and O–H groups in total. The molecule has 1 aromatic rings. The van der Waals surface area contributed by atoms with Gasteiger partial charge in [-0.2, -0.15) is 0 Å². The molecule has 0 aromatic heterocycles. The van der Waals surface area contributed by atoms with E-state index in [1.54, 1.807) is 20.8 Å². The number of amides is 3. The number of alkyl carbamates (subject to hydrolysis) is 1. The Labute approximate surface area is 222 Å². The maximum Gasteiger partial charge on any atom is 0.408 e. The second kappa shape index (κ2) is 13.8. The zero-order valence-corrected chi connectivity index (χ0v) is 23.7. The maximum atomic E-state index is 14.0. The number of hydrogen-bond donors (Lipinski definition) is 3. The zero-order valence-electron chi connectivity index (χ0n) is 23.7. The number of nitrogens with zero attached hydrogens (tertiary/aromatic N) is 1. The lowest BCUT2D eigenvalue weighted by Gasteiger charge is -2.36. The van der Waals surface area contributed by atoms with Crippen LogP contribution in [0.4, 0.5) is 4.79 Å². The Kier molecular flexibility index (Phi) is 11.4. The fourth-order valence-electron chi connectivity index (χ4n) is 4.93. The third kappa shape index (κ3) is 9.65. The minimum Gasteiger partial charge on any atom is -0.444 e. The first-order valence-electron chi connectivity index (χ1n) is 13.6. The first-order chi connectivity index (χ1) is 17.3. The molecule has 0 aliphatic heterocycles. The van der Waals surface area contributed by atoms with Crippen LogP contribution >= 0.6 is 0 Å². The third-order valence-corrected chi connectivity index (χ3v) is 6.55. The summed E-state index contributed by atoms with van der Waals surface area (Å²) in [6, 6.07) is 4.02. The molecule has 3 amide bonds. The van der Waals surface area contributed by atoms with Gasteiger partial charge < -0.3 is 25.4 Å². The smallest absolute Gasteiger partial charge is 0.408 e. The fraction of sp³-hybridized carbons (Fsp3) is 0.690. The van der Waals surface area contributed by atoms with E-state index in [4.69, 9.17) is 4.74 Å². The molecule has 1 fully saturated rings. The Balaban J connectivity index is 2.46. The molecule has 1 aliphatic rings. The highest BCUT2D eigenvalue weighted by Crippen LogP contribution is 2.28. The molecule has 37 heavy (non-hydrogen) atoms. The van der Waals surface area contributed by atoms with Crippen molar-refractivity contribution in [2.75, 3.05) is 13.2 Å². The molecule has 1 saturated carbocycles. The van der Waals surface area contributed by atoms with E-state index in [1.165, 1.54) is 4.90 Å². The van der Waals surface area contributed by atoms with Crippen molar-refractivity contribution in [3.63, 3.8) is 0 Å². The Hall–Kier alpha value is -2.61. The number of aliphatic hydroxyl groups is 1. The van der Waals surface area contributed by atoms with Crippen molar-refractivity contribution in [1.29, 1.82) is 0 Å². The Bertz CT molecular complexity index is 919. The van der Waals surface area contributed by atoms with Crippen LogP contribution in [0.5, 0.6) is 0 Å². The number of nitrogens with one attached hydrogen (secondary N) is 2. The topological polar surface area (TPSA) is 108 Å². The number of carbonyl (C=O) groups is 3. The van der Waals surface area contributed by atoms with Gasteiger partial charge in [-0.25, -0.2) is 4.79 Å². The minimum absolute atomic E-state index is 0.0422. The number of carbonyl (C=O) groups excluding carboxylic acids is 3. The van der Waals surface area contributed by atoms with Crippen LogP contribution in [0.25, 0.3) is 0 Å². The number of rotatable bonds is 10. The summed E-state index contributed by atoms with van der Waals surface area (Å²) in [6.45, 7) is 12.8. The Morgan fingerprint density at radius 2 is 1.76 bits per heavy atom. The molecule has 2 rings (SSSR count). The van der Waals surface area contributed by atoms with Crippen LogP contribution in [0.1, 0.15) is 95.9 Å². The van der Waals surface area contributed by atoms with Gasteiger partial charge in [0.1, 0.15) is 17.7 Å². The second-order valence-electron chi connectivity index (χ2n) is 11.7. The first-order valence-corrected chi connectivity index (χ1v) is 13.6. The van der Waals surface area contributed by atoms with E-state index >= 15 is 0 Å². The Morgan fingerprint density at radius 3 is 2.30 bits per heavy atom. The van der Waals surface area contributed by atoms with Gasteiger partial charge >= 0.3 is 6.09 Å². The lowest BCUT2D eigenvalue weighted by Crippen LogP contribution is -2.55. The molecule has 0 radical (unpaired) electrons. The van der Waals surface area contributed by atoms with Gasteiger partial charge in [-0.05, 0) is 70.9 Å². The van der Waals surface area contributed by atoms with E-state index in [0.29, 0.717) is 12.0 Å².